The molecule has 1 aromatic carbocycles. The predicted molar refractivity (Wildman–Crippen MR) is 66.0 cm³/mol. The van der Waals surface area contributed by atoms with E-state index in [2.05, 4.69) is 0 Å². The number of nitrogens with zero attached hydrogens (tertiary/aromatic N) is 1. The van der Waals surface area contributed by atoms with Gasteiger partial charge in [0.05, 0.1) is 11.3 Å². The number of anilines is 1. The quantitative estimate of drug-likeness (QED) is 0.869. The highest BCUT2D eigenvalue weighted by Gasteiger charge is 2.32. The van der Waals surface area contributed by atoms with Crippen LogP contribution >= 0.6 is 11.6 Å². The van der Waals surface area contributed by atoms with Gasteiger partial charge >= 0.3 is 5.97 Å². The van der Waals surface area contributed by atoms with E-state index < -0.39 is 5.97 Å². The summed E-state index contributed by atoms with van der Waals surface area (Å²) in [6.07, 6.45) is 0.224. The molecule has 0 spiro atoms. The Kier molecular flexibility index (Phi) is 3.54. The molecule has 5 nitrogen and oxygen atoms in total. The molecule has 1 unspecified atom stereocenters. The molecule has 0 aliphatic carbocycles. The molecule has 2 N–H and O–H groups in total. The fourth-order valence-corrected chi connectivity index (χ4v) is 2.21. The van der Waals surface area contributed by atoms with E-state index >= 15 is 0 Å². The van der Waals surface area contributed by atoms with E-state index in [0.29, 0.717) is 11.6 Å². The molecule has 0 bridgehead atoms. The van der Waals surface area contributed by atoms with E-state index in [1.165, 1.54) is 23.1 Å². The van der Waals surface area contributed by atoms with Crippen molar-refractivity contribution < 1.29 is 19.8 Å². The zero-order valence-corrected chi connectivity index (χ0v) is 10.2. The lowest BCUT2D eigenvalue weighted by atomic mass is 10.1. The Morgan fingerprint density at radius 3 is 2.78 bits per heavy atom. The first-order valence-electron chi connectivity index (χ1n) is 5.47. The van der Waals surface area contributed by atoms with Crippen molar-refractivity contribution in [1.29, 1.82) is 0 Å². The molecule has 1 fully saturated rings. The van der Waals surface area contributed by atoms with Gasteiger partial charge in [0.1, 0.15) is 0 Å². The van der Waals surface area contributed by atoms with Crippen molar-refractivity contribution in [3.05, 3.63) is 28.8 Å². The fraction of sp³-hybridized carbons (Fsp3) is 0.333. The van der Waals surface area contributed by atoms with Crippen molar-refractivity contribution in [3.8, 4) is 0 Å². The van der Waals surface area contributed by atoms with Gasteiger partial charge in [-0.05, 0) is 18.2 Å². The van der Waals surface area contributed by atoms with Crippen LogP contribution in [0.3, 0.4) is 0 Å². The zero-order chi connectivity index (χ0) is 13.3. The molecule has 18 heavy (non-hydrogen) atoms. The number of aliphatic hydroxyl groups is 1. The van der Waals surface area contributed by atoms with Crippen LogP contribution in [-0.4, -0.2) is 35.2 Å². The molecular weight excluding hydrogens is 258 g/mol. The Morgan fingerprint density at radius 2 is 2.22 bits per heavy atom. The van der Waals surface area contributed by atoms with Gasteiger partial charge in [0.2, 0.25) is 5.91 Å². The van der Waals surface area contributed by atoms with Gasteiger partial charge in [0.25, 0.3) is 0 Å². The van der Waals surface area contributed by atoms with Crippen LogP contribution in [0.15, 0.2) is 18.2 Å². The number of carbonyl (C=O) groups excluding carboxylic acids is 1. The number of carboxylic acids is 1. The number of aliphatic hydroxyl groups excluding tert-OH is 1. The number of rotatable bonds is 3. The smallest absolute Gasteiger partial charge is 0.337 e. The average Bonchev–Trinajstić information content (AvgIpc) is 2.70. The average molecular weight is 270 g/mol. The van der Waals surface area contributed by atoms with Gasteiger partial charge in [-0.1, -0.05) is 11.6 Å². The molecule has 1 aliphatic rings. The van der Waals surface area contributed by atoms with E-state index in [1.807, 2.05) is 0 Å². The summed E-state index contributed by atoms with van der Waals surface area (Å²) in [5.74, 6) is -1.46. The third-order valence-electron chi connectivity index (χ3n) is 2.94. The number of hydrogen-bond donors (Lipinski definition) is 2. The lowest BCUT2D eigenvalue weighted by molar-refractivity contribution is -0.117. The standard InChI is InChI=1S/C12H12ClNO4/c13-8-1-2-9(12(17)18)10(4-8)14-5-7(6-15)3-11(14)16/h1-2,4,7,15H,3,5-6H2,(H,17,18). The first-order chi connectivity index (χ1) is 8.52. The summed E-state index contributed by atoms with van der Waals surface area (Å²) in [6, 6.07) is 4.31. The molecule has 1 aromatic rings. The lowest BCUT2D eigenvalue weighted by Crippen LogP contribution is -2.26. The van der Waals surface area contributed by atoms with Gasteiger partial charge in [0, 0.05) is 30.5 Å². The summed E-state index contributed by atoms with van der Waals surface area (Å²) in [5, 5.41) is 18.5. The van der Waals surface area contributed by atoms with E-state index in [0.717, 1.165) is 0 Å². The summed E-state index contributed by atoms with van der Waals surface area (Å²) < 4.78 is 0. The van der Waals surface area contributed by atoms with Gasteiger partial charge in [-0.3, -0.25) is 4.79 Å². The number of hydrogen-bond acceptors (Lipinski definition) is 3. The molecule has 0 saturated carbocycles. The van der Waals surface area contributed by atoms with Gasteiger partial charge in [-0.2, -0.15) is 0 Å². The van der Waals surface area contributed by atoms with Crippen molar-refractivity contribution >= 4 is 29.2 Å². The molecule has 1 heterocycles. The van der Waals surface area contributed by atoms with Crippen LogP contribution < -0.4 is 4.90 Å². The number of aromatic carboxylic acids is 1. The molecule has 96 valence electrons. The maximum absolute atomic E-state index is 11.8. The number of carbonyl (C=O) groups is 2. The van der Waals surface area contributed by atoms with Crippen molar-refractivity contribution in [2.24, 2.45) is 5.92 Å². The summed E-state index contributed by atoms with van der Waals surface area (Å²) in [5.41, 5.74) is 0.322. The highest BCUT2D eigenvalue weighted by atomic mass is 35.5. The highest BCUT2D eigenvalue weighted by molar-refractivity contribution is 6.31. The monoisotopic (exact) mass is 269 g/mol. The van der Waals surface area contributed by atoms with Crippen molar-refractivity contribution in [2.45, 2.75) is 6.42 Å². The normalized spacial score (nSPS) is 19.3. The first-order valence-corrected chi connectivity index (χ1v) is 5.84. The minimum atomic E-state index is -1.11. The minimum absolute atomic E-state index is 0.0336. The van der Waals surface area contributed by atoms with Gasteiger partial charge in [-0.25, -0.2) is 4.79 Å². The third-order valence-corrected chi connectivity index (χ3v) is 3.18. The number of benzene rings is 1. The Labute approximate surface area is 109 Å². The third kappa shape index (κ3) is 2.32. The molecule has 1 aliphatic heterocycles. The molecule has 2 rings (SSSR count). The second-order valence-electron chi connectivity index (χ2n) is 4.22. The Bertz CT molecular complexity index is 503. The lowest BCUT2D eigenvalue weighted by Gasteiger charge is -2.19. The molecule has 0 radical (unpaired) electrons. The van der Waals surface area contributed by atoms with E-state index in [4.69, 9.17) is 21.8 Å². The summed E-state index contributed by atoms with van der Waals surface area (Å²) >= 11 is 5.84. The predicted octanol–water partition coefficient (Wildman–Crippen LogP) is 1.38. The van der Waals surface area contributed by atoms with Crippen molar-refractivity contribution in [2.75, 3.05) is 18.1 Å². The topological polar surface area (TPSA) is 77.8 Å². The van der Waals surface area contributed by atoms with Crippen LogP contribution in [0.2, 0.25) is 5.02 Å². The maximum Gasteiger partial charge on any atom is 0.337 e. The Morgan fingerprint density at radius 1 is 1.50 bits per heavy atom. The SMILES string of the molecule is O=C(O)c1ccc(Cl)cc1N1CC(CO)CC1=O. The van der Waals surface area contributed by atoms with Crippen LogP contribution in [0.25, 0.3) is 0 Å². The molecule has 0 aromatic heterocycles. The number of amides is 1. The number of halogens is 1. The number of carboxylic acid groups (broad SMARTS) is 1. The van der Waals surface area contributed by atoms with Gasteiger partial charge in [-0.15, -0.1) is 0 Å². The van der Waals surface area contributed by atoms with E-state index in [-0.39, 0.29) is 36.1 Å². The Hall–Kier alpha value is -1.59. The molecular formula is C12H12ClNO4. The summed E-state index contributed by atoms with van der Waals surface area (Å²) in [4.78, 5) is 24.3. The maximum atomic E-state index is 11.8. The van der Waals surface area contributed by atoms with Gasteiger partial charge < -0.3 is 15.1 Å². The minimum Gasteiger partial charge on any atom is -0.478 e. The van der Waals surface area contributed by atoms with Crippen LogP contribution in [0.1, 0.15) is 16.8 Å². The second-order valence-corrected chi connectivity index (χ2v) is 4.66. The van der Waals surface area contributed by atoms with E-state index in [1.54, 1.807) is 0 Å². The molecule has 1 amide bonds. The van der Waals surface area contributed by atoms with Crippen LogP contribution in [-0.2, 0) is 4.79 Å². The molecule has 6 heteroatoms. The highest BCUT2D eigenvalue weighted by Crippen LogP contribution is 2.30. The van der Waals surface area contributed by atoms with Crippen LogP contribution in [0.5, 0.6) is 0 Å². The molecule has 1 saturated heterocycles. The first kappa shape index (κ1) is 12.9. The molecule has 1 atom stereocenters. The summed E-state index contributed by atoms with van der Waals surface area (Å²) in [6.45, 7) is 0.223. The Balaban J connectivity index is 2.41. The van der Waals surface area contributed by atoms with Crippen LogP contribution in [0, 0.1) is 5.92 Å². The van der Waals surface area contributed by atoms with E-state index in [9.17, 15) is 9.59 Å². The van der Waals surface area contributed by atoms with Crippen molar-refractivity contribution in [3.63, 3.8) is 0 Å². The zero-order valence-electron chi connectivity index (χ0n) is 9.47. The van der Waals surface area contributed by atoms with Crippen molar-refractivity contribution in [1.82, 2.24) is 0 Å². The van der Waals surface area contributed by atoms with Gasteiger partial charge in [0.15, 0.2) is 0 Å². The largest absolute Gasteiger partial charge is 0.478 e. The fourth-order valence-electron chi connectivity index (χ4n) is 2.05. The second kappa shape index (κ2) is 4.96. The van der Waals surface area contributed by atoms with Crippen LogP contribution in [0.4, 0.5) is 5.69 Å². The summed E-state index contributed by atoms with van der Waals surface area (Å²) in [7, 11) is 0.